The van der Waals surface area contributed by atoms with Crippen molar-refractivity contribution in [3.8, 4) is 11.5 Å². The fraction of sp³-hybridized carbons (Fsp3) is 0. The smallest absolute Gasteiger partial charge is 0.246 e. The minimum atomic E-state index is 0.236. The first-order valence-corrected chi connectivity index (χ1v) is 2.99. The average Bonchev–Trinajstić information content (AvgIpc) is 2.55. The Morgan fingerprint density at radius 3 is 2.91 bits per heavy atom. The molecular formula is C6H5N3O2. The van der Waals surface area contributed by atoms with E-state index in [-0.39, 0.29) is 5.82 Å². The monoisotopic (exact) mass is 151 g/mol. The molecule has 5 nitrogen and oxygen atoms in total. The lowest BCUT2D eigenvalue weighted by atomic mass is 10.3. The molecule has 0 saturated heterocycles. The van der Waals surface area contributed by atoms with Gasteiger partial charge in [0.05, 0.1) is 6.26 Å². The van der Waals surface area contributed by atoms with Crippen molar-refractivity contribution >= 4 is 5.82 Å². The molecule has 0 unspecified atom stereocenters. The minimum Gasteiger partial charge on any atom is -0.461 e. The standard InChI is InChI=1S/C6H5N3O2/c7-6-5(11-9-8-6)4-2-1-3-10-4/h1-3H,7H2. The number of nitrogens with zero attached hydrogens (tertiary/aromatic N) is 2. The van der Waals surface area contributed by atoms with E-state index in [9.17, 15) is 0 Å². The molecule has 0 aliphatic rings. The summed E-state index contributed by atoms with van der Waals surface area (Å²) in [4.78, 5) is 0. The van der Waals surface area contributed by atoms with Gasteiger partial charge in [-0.05, 0) is 12.1 Å². The summed E-state index contributed by atoms with van der Waals surface area (Å²) in [5.74, 6) is 1.14. The predicted octanol–water partition coefficient (Wildman–Crippen LogP) is 0.912. The number of rotatable bonds is 1. The van der Waals surface area contributed by atoms with E-state index < -0.39 is 0 Å². The molecule has 56 valence electrons. The van der Waals surface area contributed by atoms with Crippen LogP contribution in [-0.4, -0.2) is 10.4 Å². The molecule has 0 atom stereocenters. The van der Waals surface area contributed by atoms with E-state index in [1.54, 1.807) is 12.1 Å². The molecular weight excluding hydrogens is 146 g/mol. The van der Waals surface area contributed by atoms with Gasteiger partial charge >= 0.3 is 0 Å². The molecule has 2 heterocycles. The van der Waals surface area contributed by atoms with E-state index in [0.717, 1.165) is 0 Å². The molecule has 0 spiro atoms. The number of anilines is 1. The molecule has 2 rings (SSSR count). The van der Waals surface area contributed by atoms with Gasteiger partial charge in [-0.15, -0.1) is 0 Å². The molecule has 11 heavy (non-hydrogen) atoms. The van der Waals surface area contributed by atoms with Gasteiger partial charge in [0, 0.05) is 5.27 Å². The molecule has 0 bridgehead atoms. The zero-order valence-corrected chi connectivity index (χ0v) is 5.52. The number of aromatic nitrogens is 2. The van der Waals surface area contributed by atoms with E-state index in [1.165, 1.54) is 6.26 Å². The molecule has 0 aromatic carbocycles. The van der Waals surface area contributed by atoms with Gasteiger partial charge in [0.25, 0.3) is 0 Å². The summed E-state index contributed by atoms with van der Waals surface area (Å²) in [6.07, 6.45) is 1.53. The van der Waals surface area contributed by atoms with Crippen LogP contribution in [0.25, 0.3) is 11.5 Å². The van der Waals surface area contributed by atoms with Gasteiger partial charge in [-0.1, -0.05) is 5.10 Å². The predicted molar refractivity (Wildman–Crippen MR) is 36.4 cm³/mol. The Kier molecular flexibility index (Phi) is 1.15. The molecule has 2 aromatic rings. The molecule has 0 saturated carbocycles. The van der Waals surface area contributed by atoms with Crippen LogP contribution in [0.2, 0.25) is 0 Å². The maximum atomic E-state index is 5.40. The third-order valence-corrected chi connectivity index (χ3v) is 1.26. The van der Waals surface area contributed by atoms with Gasteiger partial charge in [-0.25, -0.2) is 0 Å². The van der Waals surface area contributed by atoms with Crippen LogP contribution in [0.5, 0.6) is 0 Å². The van der Waals surface area contributed by atoms with E-state index in [4.69, 9.17) is 14.7 Å². The summed E-state index contributed by atoms with van der Waals surface area (Å²) in [7, 11) is 0. The molecule has 0 fully saturated rings. The second-order valence-corrected chi connectivity index (χ2v) is 1.96. The Balaban J connectivity index is 2.53. The first kappa shape index (κ1) is 5.96. The number of nitrogen functional groups attached to an aromatic ring is 1. The summed E-state index contributed by atoms with van der Waals surface area (Å²) in [5.41, 5.74) is 5.40. The number of furan rings is 1. The van der Waals surface area contributed by atoms with Crippen molar-refractivity contribution in [2.75, 3.05) is 5.73 Å². The van der Waals surface area contributed by atoms with Crippen molar-refractivity contribution in [1.29, 1.82) is 0 Å². The largest absolute Gasteiger partial charge is 0.461 e. The number of hydrogen-bond acceptors (Lipinski definition) is 5. The Morgan fingerprint density at radius 1 is 1.45 bits per heavy atom. The van der Waals surface area contributed by atoms with Crippen molar-refractivity contribution in [3.63, 3.8) is 0 Å². The van der Waals surface area contributed by atoms with Crippen LogP contribution in [-0.2, 0) is 0 Å². The van der Waals surface area contributed by atoms with Crippen molar-refractivity contribution in [2.45, 2.75) is 0 Å². The maximum Gasteiger partial charge on any atom is 0.246 e. The van der Waals surface area contributed by atoms with Crippen molar-refractivity contribution in [3.05, 3.63) is 18.4 Å². The summed E-state index contributed by atoms with van der Waals surface area (Å²) in [6, 6.07) is 3.45. The lowest BCUT2D eigenvalue weighted by Gasteiger charge is -1.85. The molecule has 2 N–H and O–H groups in total. The van der Waals surface area contributed by atoms with E-state index in [0.29, 0.717) is 11.5 Å². The van der Waals surface area contributed by atoms with Crippen molar-refractivity contribution in [1.82, 2.24) is 10.4 Å². The Hall–Kier alpha value is -1.78. The molecule has 0 aliphatic heterocycles. The van der Waals surface area contributed by atoms with Crippen molar-refractivity contribution < 1.29 is 8.94 Å². The van der Waals surface area contributed by atoms with Crippen molar-refractivity contribution in [2.24, 2.45) is 0 Å². The van der Waals surface area contributed by atoms with Gasteiger partial charge < -0.3 is 14.7 Å². The van der Waals surface area contributed by atoms with E-state index in [1.807, 2.05) is 0 Å². The maximum absolute atomic E-state index is 5.40. The number of nitrogens with two attached hydrogens (primary N) is 1. The average molecular weight is 151 g/mol. The summed E-state index contributed by atoms with van der Waals surface area (Å²) in [5, 5.41) is 6.74. The Bertz CT molecular complexity index is 338. The Morgan fingerprint density at radius 2 is 2.36 bits per heavy atom. The van der Waals surface area contributed by atoms with Crippen LogP contribution in [0.1, 0.15) is 0 Å². The Labute approximate surface area is 61.8 Å². The van der Waals surface area contributed by atoms with Crippen LogP contribution in [0.3, 0.4) is 0 Å². The van der Waals surface area contributed by atoms with Crippen LogP contribution in [0.4, 0.5) is 5.82 Å². The van der Waals surface area contributed by atoms with Crippen LogP contribution in [0, 0.1) is 0 Å². The van der Waals surface area contributed by atoms with Crippen LogP contribution in [0.15, 0.2) is 27.3 Å². The van der Waals surface area contributed by atoms with E-state index >= 15 is 0 Å². The van der Waals surface area contributed by atoms with Gasteiger partial charge in [0.2, 0.25) is 5.76 Å². The molecule has 0 aliphatic carbocycles. The lowest BCUT2D eigenvalue weighted by Crippen LogP contribution is -1.85. The normalized spacial score (nSPS) is 10.2. The highest BCUT2D eigenvalue weighted by molar-refractivity contribution is 5.61. The molecule has 0 radical (unpaired) electrons. The second kappa shape index (κ2) is 2.12. The number of hydrogen-bond donors (Lipinski definition) is 1. The summed E-state index contributed by atoms with van der Waals surface area (Å²) in [6.45, 7) is 0. The topological polar surface area (TPSA) is 78.1 Å². The van der Waals surface area contributed by atoms with Gasteiger partial charge in [0.15, 0.2) is 11.6 Å². The quantitative estimate of drug-likeness (QED) is 0.655. The fourth-order valence-corrected chi connectivity index (χ4v) is 0.776. The molecule has 2 aromatic heterocycles. The zero-order chi connectivity index (χ0) is 7.68. The van der Waals surface area contributed by atoms with Crippen LogP contribution < -0.4 is 5.73 Å². The van der Waals surface area contributed by atoms with E-state index in [2.05, 4.69) is 10.4 Å². The molecule has 5 heteroatoms. The van der Waals surface area contributed by atoms with Gasteiger partial charge in [-0.3, -0.25) is 0 Å². The summed E-state index contributed by atoms with van der Waals surface area (Å²) >= 11 is 0. The first-order chi connectivity index (χ1) is 5.38. The SMILES string of the molecule is Nc1nnoc1-c1ccco1. The second-order valence-electron chi connectivity index (χ2n) is 1.96. The highest BCUT2D eigenvalue weighted by atomic mass is 16.5. The lowest BCUT2D eigenvalue weighted by molar-refractivity contribution is 0.393. The zero-order valence-electron chi connectivity index (χ0n) is 5.52. The van der Waals surface area contributed by atoms with Crippen LogP contribution >= 0.6 is 0 Å². The first-order valence-electron chi connectivity index (χ1n) is 2.99. The fourth-order valence-electron chi connectivity index (χ4n) is 0.776. The molecule has 0 amide bonds. The van der Waals surface area contributed by atoms with Gasteiger partial charge in [0.1, 0.15) is 0 Å². The van der Waals surface area contributed by atoms with Gasteiger partial charge in [-0.2, -0.15) is 0 Å². The highest BCUT2D eigenvalue weighted by Crippen LogP contribution is 2.22. The third-order valence-electron chi connectivity index (χ3n) is 1.26. The summed E-state index contributed by atoms with van der Waals surface area (Å²) < 4.78 is 9.73. The minimum absolute atomic E-state index is 0.236. The highest BCUT2D eigenvalue weighted by Gasteiger charge is 2.10. The third kappa shape index (κ3) is 0.861.